The minimum absolute atomic E-state index is 0.262. The molecule has 0 saturated heterocycles. The summed E-state index contributed by atoms with van der Waals surface area (Å²) in [6.45, 7) is 8.03. The summed E-state index contributed by atoms with van der Waals surface area (Å²) < 4.78 is 14.7. The molecule has 0 aliphatic heterocycles. The SMILES string of the molecule is CC1CCC([C@H](C#N)N[S+]([O-])C(C)(C)C)CC1. The largest absolute Gasteiger partial charge is 0.598 e. The summed E-state index contributed by atoms with van der Waals surface area (Å²) in [5.41, 5.74) is 0. The molecule has 0 aromatic rings. The first-order valence-electron chi connectivity index (χ1n) is 6.42. The number of nitrogens with zero attached hydrogens (tertiary/aromatic N) is 1. The first-order chi connectivity index (χ1) is 7.84. The molecule has 1 N–H and O–H groups in total. The lowest BCUT2D eigenvalue weighted by molar-refractivity contribution is 0.267. The molecule has 0 amide bonds. The molecule has 0 bridgehead atoms. The fourth-order valence-electron chi connectivity index (χ4n) is 2.14. The van der Waals surface area contributed by atoms with Crippen molar-refractivity contribution < 1.29 is 4.55 Å². The van der Waals surface area contributed by atoms with Crippen LogP contribution in [0.25, 0.3) is 0 Å². The van der Waals surface area contributed by atoms with Crippen molar-refractivity contribution in [1.82, 2.24) is 4.72 Å². The van der Waals surface area contributed by atoms with Crippen LogP contribution >= 0.6 is 0 Å². The van der Waals surface area contributed by atoms with Crippen molar-refractivity contribution >= 4 is 11.4 Å². The molecule has 0 spiro atoms. The maximum absolute atomic E-state index is 12.0. The highest BCUT2D eigenvalue weighted by molar-refractivity contribution is 7.90. The minimum Gasteiger partial charge on any atom is -0.598 e. The summed E-state index contributed by atoms with van der Waals surface area (Å²) in [6, 6.07) is 2.02. The lowest BCUT2D eigenvalue weighted by atomic mass is 9.80. The monoisotopic (exact) mass is 256 g/mol. The molecular formula is C13H24N2OS. The minimum atomic E-state index is -1.15. The molecule has 2 atom stereocenters. The van der Waals surface area contributed by atoms with E-state index in [1.807, 2.05) is 20.8 Å². The van der Waals surface area contributed by atoms with Crippen LogP contribution in [0.1, 0.15) is 53.4 Å². The van der Waals surface area contributed by atoms with Gasteiger partial charge >= 0.3 is 0 Å². The van der Waals surface area contributed by atoms with E-state index in [9.17, 15) is 9.81 Å². The Labute approximate surface area is 108 Å². The predicted molar refractivity (Wildman–Crippen MR) is 71.6 cm³/mol. The molecule has 3 nitrogen and oxygen atoms in total. The summed E-state index contributed by atoms with van der Waals surface area (Å²) >= 11 is -1.15. The fourth-order valence-corrected chi connectivity index (χ4v) is 2.97. The third kappa shape index (κ3) is 4.50. The zero-order chi connectivity index (χ0) is 13.1. The van der Waals surface area contributed by atoms with Gasteiger partial charge in [-0.1, -0.05) is 19.8 Å². The molecule has 1 fully saturated rings. The zero-order valence-electron chi connectivity index (χ0n) is 11.3. The van der Waals surface area contributed by atoms with Crippen LogP contribution in [0.15, 0.2) is 0 Å². The smallest absolute Gasteiger partial charge is 0.142 e. The van der Waals surface area contributed by atoms with Gasteiger partial charge in [-0.3, -0.25) is 0 Å². The first-order valence-corrected chi connectivity index (χ1v) is 7.57. The van der Waals surface area contributed by atoms with Gasteiger partial charge in [0.25, 0.3) is 0 Å². The lowest BCUT2D eigenvalue weighted by Gasteiger charge is -2.32. The van der Waals surface area contributed by atoms with Gasteiger partial charge in [0.15, 0.2) is 0 Å². The molecule has 17 heavy (non-hydrogen) atoms. The molecule has 1 aliphatic rings. The predicted octanol–water partition coefficient (Wildman–Crippen LogP) is 2.76. The Morgan fingerprint density at radius 1 is 1.29 bits per heavy atom. The molecule has 1 unspecified atom stereocenters. The van der Waals surface area contributed by atoms with E-state index in [2.05, 4.69) is 17.7 Å². The van der Waals surface area contributed by atoms with Gasteiger partial charge in [-0.2, -0.15) is 5.26 Å². The van der Waals surface area contributed by atoms with Crippen LogP contribution in [0.4, 0.5) is 0 Å². The number of hydrogen-bond donors (Lipinski definition) is 1. The van der Waals surface area contributed by atoms with Crippen molar-refractivity contribution in [2.24, 2.45) is 11.8 Å². The van der Waals surface area contributed by atoms with Gasteiger partial charge in [0.2, 0.25) is 0 Å². The Hall–Kier alpha value is -0.240. The second-order valence-electron chi connectivity index (χ2n) is 6.13. The third-order valence-corrected chi connectivity index (χ3v) is 5.04. The van der Waals surface area contributed by atoms with Gasteiger partial charge in [-0.15, -0.1) is 4.72 Å². The van der Waals surface area contributed by atoms with Crippen LogP contribution in [0, 0.1) is 23.2 Å². The number of hydrogen-bond acceptors (Lipinski definition) is 3. The molecule has 0 aromatic heterocycles. The third-order valence-electron chi connectivity index (χ3n) is 3.46. The standard InChI is InChI=1S/C13H24N2OS/c1-10-5-7-11(8-6-10)12(9-14)15-17(16)13(2,3)4/h10-12,15H,5-8H2,1-4H3/t10?,11?,12-,17?/m0/s1. The van der Waals surface area contributed by atoms with Crippen molar-refractivity contribution in [2.75, 3.05) is 0 Å². The second-order valence-corrected chi connectivity index (χ2v) is 8.12. The molecule has 0 radical (unpaired) electrons. The normalized spacial score (nSPS) is 29.4. The molecule has 1 rings (SSSR count). The molecule has 0 aromatic carbocycles. The molecule has 1 saturated carbocycles. The van der Waals surface area contributed by atoms with E-state index in [1.165, 1.54) is 12.8 Å². The summed E-state index contributed by atoms with van der Waals surface area (Å²) in [5, 5.41) is 9.21. The Balaban J connectivity index is 2.52. The fraction of sp³-hybridized carbons (Fsp3) is 0.923. The van der Waals surface area contributed by atoms with E-state index in [4.69, 9.17) is 0 Å². The van der Waals surface area contributed by atoms with Crippen molar-refractivity contribution in [3.05, 3.63) is 0 Å². The van der Waals surface area contributed by atoms with Crippen LogP contribution in [-0.2, 0) is 11.4 Å². The van der Waals surface area contributed by atoms with Crippen LogP contribution in [0.5, 0.6) is 0 Å². The van der Waals surface area contributed by atoms with Gasteiger partial charge in [-0.05, 0) is 45.4 Å². The summed E-state index contributed by atoms with van der Waals surface area (Å²) in [7, 11) is 0. The average molecular weight is 256 g/mol. The first kappa shape index (κ1) is 14.8. The van der Waals surface area contributed by atoms with Crippen LogP contribution in [0.3, 0.4) is 0 Å². The summed E-state index contributed by atoms with van der Waals surface area (Å²) in [5.74, 6) is 1.14. The van der Waals surface area contributed by atoms with Gasteiger partial charge in [0, 0.05) is 11.4 Å². The van der Waals surface area contributed by atoms with Crippen LogP contribution in [-0.4, -0.2) is 15.3 Å². The maximum atomic E-state index is 12.0. The van der Waals surface area contributed by atoms with E-state index >= 15 is 0 Å². The Bertz CT molecular complexity index is 274. The summed E-state index contributed by atoms with van der Waals surface area (Å²) in [6.07, 6.45) is 4.53. The van der Waals surface area contributed by atoms with E-state index in [0.717, 1.165) is 18.8 Å². The Morgan fingerprint density at radius 3 is 2.24 bits per heavy atom. The van der Waals surface area contributed by atoms with Gasteiger partial charge in [0.1, 0.15) is 10.8 Å². The Morgan fingerprint density at radius 2 is 1.82 bits per heavy atom. The average Bonchev–Trinajstić information content (AvgIpc) is 2.25. The van der Waals surface area contributed by atoms with Gasteiger partial charge in [-0.25, -0.2) is 0 Å². The zero-order valence-corrected chi connectivity index (χ0v) is 12.1. The van der Waals surface area contributed by atoms with Gasteiger partial charge in [0.05, 0.1) is 6.07 Å². The van der Waals surface area contributed by atoms with E-state index in [-0.39, 0.29) is 10.8 Å². The highest BCUT2D eigenvalue weighted by Gasteiger charge is 2.33. The number of nitriles is 1. The van der Waals surface area contributed by atoms with Crippen molar-refractivity contribution in [3.63, 3.8) is 0 Å². The molecule has 98 valence electrons. The van der Waals surface area contributed by atoms with Gasteiger partial charge < -0.3 is 4.55 Å². The van der Waals surface area contributed by atoms with E-state index < -0.39 is 11.4 Å². The second kappa shape index (κ2) is 6.08. The topological polar surface area (TPSA) is 58.9 Å². The molecule has 4 heteroatoms. The number of nitrogens with one attached hydrogen (secondary N) is 1. The van der Waals surface area contributed by atoms with Crippen molar-refractivity contribution in [1.29, 1.82) is 5.26 Å². The highest BCUT2D eigenvalue weighted by atomic mass is 32.2. The van der Waals surface area contributed by atoms with Crippen molar-refractivity contribution in [3.8, 4) is 6.07 Å². The molecular weight excluding hydrogens is 232 g/mol. The highest BCUT2D eigenvalue weighted by Crippen LogP contribution is 2.31. The van der Waals surface area contributed by atoms with E-state index in [1.54, 1.807) is 0 Å². The Kier molecular flexibility index (Phi) is 5.30. The quantitative estimate of drug-likeness (QED) is 0.790. The van der Waals surface area contributed by atoms with Crippen LogP contribution in [0.2, 0.25) is 0 Å². The summed E-state index contributed by atoms with van der Waals surface area (Å²) in [4.78, 5) is 0. The van der Waals surface area contributed by atoms with Crippen molar-refractivity contribution in [2.45, 2.75) is 64.2 Å². The molecule has 1 aliphatic carbocycles. The molecule has 0 heterocycles. The van der Waals surface area contributed by atoms with Crippen LogP contribution < -0.4 is 4.72 Å². The maximum Gasteiger partial charge on any atom is 0.142 e. The number of rotatable bonds is 3. The lowest BCUT2D eigenvalue weighted by Crippen LogP contribution is -2.47. The van der Waals surface area contributed by atoms with E-state index in [0.29, 0.717) is 5.92 Å².